The summed E-state index contributed by atoms with van der Waals surface area (Å²) >= 11 is 0. The van der Waals surface area contributed by atoms with E-state index in [1.165, 1.54) is 31.4 Å². The lowest BCUT2D eigenvalue weighted by atomic mass is 10.1. The lowest BCUT2D eigenvalue weighted by Crippen LogP contribution is -2.28. The Kier molecular flexibility index (Phi) is 5.26. The molecule has 0 aliphatic carbocycles. The second kappa shape index (κ2) is 7.61. The Labute approximate surface area is 157 Å². The van der Waals surface area contributed by atoms with Crippen LogP contribution in [0.25, 0.3) is 0 Å². The van der Waals surface area contributed by atoms with Gasteiger partial charge < -0.3 is 14.4 Å². The van der Waals surface area contributed by atoms with Gasteiger partial charge in [0.1, 0.15) is 5.75 Å². The normalized spacial score (nSPS) is 16.3. The van der Waals surface area contributed by atoms with Crippen molar-refractivity contribution in [2.45, 2.75) is 20.3 Å². The third kappa shape index (κ3) is 3.84. The molecule has 1 atom stereocenters. The van der Waals surface area contributed by atoms with Gasteiger partial charge in [0.05, 0.1) is 18.6 Å². The molecule has 140 valence electrons. The average Bonchev–Trinajstić information content (AvgIpc) is 3.05. The second-order valence-electron chi connectivity index (χ2n) is 6.56. The first-order valence-corrected chi connectivity index (χ1v) is 8.67. The molecule has 0 unspecified atom stereocenters. The zero-order valence-corrected chi connectivity index (χ0v) is 15.5. The van der Waals surface area contributed by atoms with Crippen LogP contribution in [-0.2, 0) is 14.3 Å². The number of benzene rings is 2. The van der Waals surface area contributed by atoms with E-state index in [0.29, 0.717) is 17.9 Å². The summed E-state index contributed by atoms with van der Waals surface area (Å²) in [5, 5.41) is 0. The summed E-state index contributed by atoms with van der Waals surface area (Å²) in [6.45, 7) is 4.25. The fourth-order valence-corrected chi connectivity index (χ4v) is 3.10. The van der Waals surface area contributed by atoms with Gasteiger partial charge >= 0.3 is 11.9 Å². The standard InChI is InChI=1S/C21H21NO5/c1-13-5-4-6-18(14(13)2)22-12-16(11-19(22)23)21(25)27-17-9-7-15(8-10-17)20(24)26-3/h4-10,16H,11-12H2,1-3H3/t16-/m0/s1. The molecule has 2 aromatic carbocycles. The van der Waals surface area contributed by atoms with Crippen LogP contribution in [-0.4, -0.2) is 31.5 Å². The highest BCUT2D eigenvalue weighted by atomic mass is 16.5. The summed E-state index contributed by atoms with van der Waals surface area (Å²) in [6, 6.07) is 11.9. The van der Waals surface area contributed by atoms with Crippen LogP contribution in [0.3, 0.4) is 0 Å². The second-order valence-corrected chi connectivity index (χ2v) is 6.56. The number of rotatable bonds is 4. The number of hydrogen-bond acceptors (Lipinski definition) is 5. The highest BCUT2D eigenvalue weighted by Gasteiger charge is 2.37. The quantitative estimate of drug-likeness (QED) is 0.613. The van der Waals surface area contributed by atoms with E-state index in [1.54, 1.807) is 4.90 Å². The summed E-state index contributed by atoms with van der Waals surface area (Å²) < 4.78 is 10.0. The minimum Gasteiger partial charge on any atom is -0.465 e. The molecule has 27 heavy (non-hydrogen) atoms. The van der Waals surface area contributed by atoms with E-state index in [4.69, 9.17) is 4.74 Å². The minimum atomic E-state index is -0.530. The van der Waals surface area contributed by atoms with Crippen LogP contribution in [0, 0.1) is 19.8 Å². The molecule has 0 bridgehead atoms. The van der Waals surface area contributed by atoms with Gasteiger partial charge in [-0.15, -0.1) is 0 Å². The Bertz CT molecular complexity index is 888. The number of hydrogen-bond donors (Lipinski definition) is 0. The van der Waals surface area contributed by atoms with Gasteiger partial charge in [0.15, 0.2) is 0 Å². The van der Waals surface area contributed by atoms with Crippen molar-refractivity contribution in [3.8, 4) is 5.75 Å². The van der Waals surface area contributed by atoms with E-state index in [1.807, 2.05) is 32.0 Å². The maximum absolute atomic E-state index is 12.5. The van der Waals surface area contributed by atoms with Gasteiger partial charge in [-0.3, -0.25) is 9.59 Å². The molecule has 1 aliphatic heterocycles. The maximum atomic E-state index is 12.5. The fraction of sp³-hybridized carbons (Fsp3) is 0.286. The summed E-state index contributed by atoms with van der Waals surface area (Å²) in [7, 11) is 1.30. The predicted octanol–water partition coefficient (Wildman–Crippen LogP) is 3.05. The van der Waals surface area contributed by atoms with Crippen LogP contribution >= 0.6 is 0 Å². The molecule has 6 nitrogen and oxygen atoms in total. The van der Waals surface area contributed by atoms with Crippen molar-refractivity contribution in [2.24, 2.45) is 5.92 Å². The van der Waals surface area contributed by atoms with E-state index >= 15 is 0 Å². The molecular formula is C21H21NO5. The first kappa shape index (κ1) is 18.6. The van der Waals surface area contributed by atoms with Crippen LogP contribution in [0.2, 0.25) is 0 Å². The van der Waals surface area contributed by atoms with Gasteiger partial charge in [0.2, 0.25) is 5.91 Å². The monoisotopic (exact) mass is 367 g/mol. The van der Waals surface area contributed by atoms with Gasteiger partial charge in [0.25, 0.3) is 0 Å². The average molecular weight is 367 g/mol. The predicted molar refractivity (Wildman–Crippen MR) is 99.8 cm³/mol. The zero-order valence-electron chi connectivity index (χ0n) is 15.5. The molecule has 0 aromatic heterocycles. The summed E-state index contributed by atoms with van der Waals surface area (Å²) in [6.07, 6.45) is 0.118. The first-order chi connectivity index (χ1) is 12.9. The van der Waals surface area contributed by atoms with E-state index < -0.39 is 17.9 Å². The van der Waals surface area contributed by atoms with E-state index in [0.717, 1.165) is 16.8 Å². The summed E-state index contributed by atoms with van der Waals surface area (Å²) in [5.74, 6) is -1.21. The summed E-state index contributed by atoms with van der Waals surface area (Å²) in [5.41, 5.74) is 3.32. The molecule has 1 aliphatic rings. The number of carbonyl (C=O) groups excluding carboxylic acids is 3. The molecule has 6 heteroatoms. The smallest absolute Gasteiger partial charge is 0.337 e. The maximum Gasteiger partial charge on any atom is 0.337 e. The topological polar surface area (TPSA) is 72.9 Å². The first-order valence-electron chi connectivity index (χ1n) is 8.67. The van der Waals surface area contributed by atoms with E-state index in [-0.39, 0.29) is 12.3 Å². The number of anilines is 1. The Hall–Kier alpha value is -3.15. The lowest BCUT2D eigenvalue weighted by Gasteiger charge is -2.20. The molecule has 1 saturated heterocycles. The third-order valence-electron chi connectivity index (χ3n) is 4.82. The SMILES string of the molecule is COC(=O)c1ccc(OC(=O)[C@H]2CC(=O)N(c3cccc(C)c3C)C2)cc1. The number of ether oxygens (including phenoxy) is 2. The molecule has 1 amide bonds. The molecular weight excluding hydrogens is 346 g/mol. The van der Waals surface area contributed by atoms with Crippen molar-refractivity contribution in [2.75, 3.05) is 18.6 Å². The fourth-order valence-electron chi connectivity index (χ4n) is 3.10. The Morgan fingerprint density at radius 3 is 2.44 bits per heavy atom. The van der Waals surface area contributed by atoms with Crippen LogP contribution in [0.5, 0.6) is 5.75 Å². The lowest BCUT2D eigenvalue weighted by molar-refractivity contribution is -0.139. The number of aryl methyl sites for hydroxylation is 1. The number of carbonyl (C=O) groups is 3. The van der Waals surface area contributed by atoms with Crippen molar-refractivity contribution >= 4 is 23.5 Å². The Balaban J connectivity index is 1.69. The third-order valence-corrected chi connectivity index (χ3v) is 4.82. The molecule has 1 fully saturated rings. The van der Waals surface area contributed by atoms with Gasteiger partial charge in [0, 0.05) is 18.7 Å². The van der Waals surface area contributed by atoms with Crippen molar-refractivity contribution in [1.82, 2.24) is 0 Å². The Morgan fingerprint density at radius 2 is 1.78 bits per heavy atom. The number of esters is 2. The Morgan fingerprint density at radius 1 is 1.07 bits per heavy atom. The molecule has 2 aromatic rings. The van der Waals surface area contributed by atoms with Gasteiger partial charge in [-0.2, -0.15) is 0 Å². The largest absolute Gasteiger partial charge is 0.465 e. The molecule has 3 rings (SSSR count). The molecule has 0 N–H and O–H groups in total. The van der Waals surface area contributed by atoms with Crippen LogP contribution in [0.15, 0.2) is 42.5 Å². The zero-order chi connectivity index (χ0) is 19.6. The summed E-state index contributed by atoms with van der Waals surface area (Å²) in [4.78, 5) is 38.0. The van der Waals surface area contributed by atoms with Crippen LogP contribution < -0.4 is 9.64 Å². The van der Waals surface area contributed by atoms with E-state index in [2.05, 4.69) is 4.74 Å². The van der Waals surface area contributed by atoms with Gasteiger partial charge in [-0.1, -0.05) is 12.1 Å². The van der Waals surface area contributed by atoms with Crippen molar-refractivity contribution in [3.05, 3.63) is 59.2 Å². The van der Waals surface area contributed by atoms with Crippen molar-refractivity contribution in [3.63, 3.8) is 0 Å². The molecule has 0 spiro atoms. The molecule has 1 heterocycles. The number of methoxy groups -OCH3 is 1. The highest BCUT2D eigenvalue weighted by molar-refractivity contribution is 6.00. The van der Waals surface area contributed by atoms with Crippen LogP contribution in [0.4, 0.5) is 5.69 Å². The minimum absolute atomic E-state index is 0.0910. The molecule has 0 radical (unpaired) electrons. The van der Waals surface area contributed by atoms with Gasteiger partial charge in [-0.05, 0) is 55.3 Å². The van der Waals surface area contributed by atoms with E-state index in [9.17, 15) is 14.4 Å². The van der Waals surface area contributed by atoms with Gasteiger partial charge in [-0.25, -0.2) is 4.79 Å². The van der Waals surface area contributed by atoms with Crippen molar-refractivity contribution < 1.29 is 23.9 Å². The number of nitrogens with zero attached hydrogens (tertiary/aromatic N) is 1. The van der Waals surface area contributed by atoms with Crippen molar-refractivity contribution in [1.29, 1.82) is 0 Å². The number of amides is 1. The highest BCUT2D eigenvalue weighted by Crippen LogP contribution is 2.30. The van der Waals surface area contributed by atoms with Crippen LogP contribution in [0.1, 0.15) is 27.9 Å². The molecule has 0 saturated carbocycles.